The van der Waals surface area contributed by atoms with Gasteiger partial charge in [0.15, 0.2) is 5.82 Å². The second kappa shape index (κ2) is 4.37. The molecule has 5 heteroatoms. The summed E-state index contributed by atoms with van der Waals surface area (Å²) in [5, 5.41) is 4.09. The maximum atomic E-state index is 4.38. The quantitative estimate of drug-likeness (QED) is 0.684. The molecule has 3 rings (SSSR count). The van der Waals surface area contributed by atoms with E-state index in [4.69, 9.17) is 0 Å². The molecule has 0 aliphatic heterocycles. The third-order valence-electron chi connectivity index (χ3n) is 2.64. The molecule has 0 saturated carbocycles. The number of aryl methyl sites for hydroxylation is 1. The Morgan fingerprint density at radius 3 is 2.50 bits per heavy atom. The Hall–Kier alpha value is -2.56. The molecule has 18 heavy (non-hydrogen) atoms. The number of hydrogen-bond donors (Lipinski definition) is 0. The molecule has 2 aromatic heterocycles. The maximum Gasteiger partial charge on any atom is 0.181 e. The van der Waals surface area contributed by atoms with Crippen molar-refractivity contribution in [3.05, 3.63) is 54.9 Å². The molecule has 0 saturated heterocycles. The van der Waals surface area contributed by atoms with Crippen molar-refractivity contribution in [2.24, 2.45) is 0 Å². The molecule has 0 aliphatic rings. The van der Waals surface area contributed by atoms with Gasteiger partial charge < -0.3 is 0 Å². The molecular weight excluding hydrogens is 226 g/mol. The van der Waals surface area contributed by atoms with E-state index in [1.807, 2.05) is 12.1 Å². The minimum atomic E-state index is 0.679. The van der Waals surface area contributed by atoms with Gasteiger partial charge in [0.1, 0.15) is 18.3 Å². The molecule has 0 unspecified atom stereocenters. The Bertz CT molecular complexity index is 643. The maximum absolute atomic E-state index is 4.38. The Labute approximate surface area is 104 Å². The molecule has 5 nitrogen and oxygen atoms in total. The highest BCUT2D eigenvalue weighted by Gasteiger charge is 2.09. The first-order valence-corrected chi connectivity index (χ1v) is 5.57. The summed E-state index contributed by atoms with van der Waals surface area (Å²) in [5.41, 5.74) is 3.02. The fourth-order valence-corrected chi connectivity index (χ4v) is 1.73. The highest BCUT2D eigenvalue weighted by molar-refractivity contribution is 5.66. The summed E-state index contributed by atoms with van der Waals surface area (Å²) in [4.78, 5) is 12.6. The normalized spacial score (nSPS) is 10.5. The molecular formula is C13H11N5. The van der Waals surface area contributed by atoms with E-state index in [-0.39, 0.29) is 0 Å². The van der Waals surface area contributed by atoms with E-state index in [2.05, 4.69) is 39.1 Å². The lowest BCUT2D eigenvalue weighted by Crippen LogP contribution is -2.02. The fraction of sp³-hybridized carbons (Fsp3) is 0.0769. The fourth-order valence-electron chi connectivity index (χ4n) is 1.73. The van der Waals surface area contributed by atoms with Crippen LogP contribution < -0.4 is 0 Å². The predicted molar refractivity (Wildman–Crippen MR) is 67.1 cm³/mol. The van der Waals surface area contributed by atoms with Crippen LogP contribution in [0.15, 0.2) is 49.3 Å². The molecule has 3 aromatic rings. The average Bonchev–Trinajstić information content (AvgIpc) is 2.93. The number of nitrogens with zero attached hydrogens (tertiary/aromatic N) is 5. The molecule has 2 heterocycles. The number of rotatable bonds is 2. The Morgan fingerprint density at radius 1 is 1.00 bits per heavy atom. The van der Waals surface area contributed by atoms with Crippen LogP contribution >= 0.6 is 0 Å². The lowest BCUT2D eigenvalue weighted by Gasteiger charge is -2.06. The first kappa shape index (κ1) is 10.6. The van der Waals surface area contributed by atoms with Crippen molar-refractivity contribution in [1.82, 2.24) is 24.7 Å². The first-order chi connectivity index (χ1) is 8.84. The van der Waals surface area contributed by atoms with Crippen LogP contribution in [0.25, 0.3) is 17.1 Å². The third-order valence-corrected chi connectivity index (χ3v) is 2.64. The highest BCUT2D eigenvalue weighted by atomic mass is 15.3. The van der Waals surface area contributed by atoms with Gasteiger partial charge in [-0.15, -0.1) is 0 Å². The van der Waals surface area contributed by atoms with Crippen molar-refractivity contribution in [2.75, 3.05) is 0 Å². The Kier molecular flexibility index (Phi) is 2.57. The minimum Gasteiger partial charge on any atom is -0.251 e. The van der Waals surface area contributed by atoms with Crippen LogP contribution in [0, 0.1) is 6.92 Å². The van der Waals surface area contributed by atoms with Gasteiger partial charge in [-0.1, -0.05) is 29.8 Å². The first-order valence-electron chi connectivity index (χ1n) is 5.57. The molecule has 0 spiro atoms. The van der Waals surface area contributed by atoms with E-state index in [1.165, 1.54) is 11.9 Å². The van der Waals surface area contributed by atoms with Crippen molar-refractivity contribution in [2.45, 2.75) is 6.92 Å². The summed E-state index contributed by atoms with van der Waals surface area (Å²) in [6.45, 7) is 2.05. The van der Waals surface area contributed by atoms with E-state index >= 15 is 0 Å². The Balaban J connectivity index is 2.15. The van der Waals surface area contributed by atoms with Crippen LogP contribution in [0.2, 0.25) is 0 Å². The smallest absolute Gasteiger partial charge is 0.181 e. The van der Waals surface area contributed by atoms with Crippen LogP contribution in [0.4, 0.5) is 0 Å². The summed E-state index contributed by atoms with van der Waals surface area (Å²) in [6, 6.07) is 8.16. The molecule has 0 radical (unpaired) electrons. The van der Waals surface area contributed by atoms with Gasteiger partial charge in [0.2, 0.25) is 0 Å². The van der Waals surface area contributed by atoms with Gasteiger partial charge >= 0.3 is 0 Å². The van der Waals surface area contributed by atoms with E-state index in [0.29, 0.717) is 5.82 Å². The summed E-state index contributed by atoms with van der Waals surface area (Å²) >= 11 is 0. The van der Waals surface area contributed by atoms with Crippen LogP contribution in [-0.4, -0.2) is 24.7 Å². The van der Waals surface area contributed by atoms with Gasteiger partial charge in [-0.25, -0.2) is 14.6 Å². The van der Waals surface area contributed by atoms with Crippen molar-refractivity contribution >= 4 is 0 Å². The van der Waals surface area contributed by atoms with Crippen LogP contribution in [-0.2, 0) is 0 Å². The third kappa shape index (κ3) is 1.86. The topological polar surface area (TPSA) is 56.5 Å². The molecule has 0 atom stereocenters. The van der Waals surface area contributed by atoms with Gasteiger partial charge in [0.05, 0.1) is 0 Å². The zero-order chi connectivity index (χ0) is 12.4. The molecule has 0 aliphatic carbocycles. The van der Waals surface area contributed by atoms with Gasteiger partial charge in [-0.05, 0) is 6.92 Å². The summed E-state index contributed by atoms with van der Waals surface area (Å²) in [7, 11) is 0. The van der Waals surface area contributed by atoms with Gasteiger partial charge in [0.25, 0.3) is 0 Å². The highest BCUT2D eigenvalue weighted by Crippen LogP contribution is 2.21. The molecule has 0 amide bonds. The number of benzene rings is 1. The van der Waals surface area contributed by atoms with E-state index in [1.54, 1.807) is 23.4 Å². The summed E-state index contributed by atoms with van der Waals surface area (Å²) in [5.74, 6) is 0.679. The van der Waals surface area contributed by atoms with E-state index in [9.17, 15) is 0 Å². The van der Waals surface area contributed by atoms with Crippen molar-refractivity contribution in [3.8, 4) is 17.1 Å². The lowest BCUT2D eigenvalue weighted by molar-refractivity contribution is 0.839. The number of aromatic nitrogens is 5. The standard InChI is InChI=1S/C13H11N5/c1-10-2-4-11(5-3-10)12-13(16-7-6-15-12)18-9-14-8-17-18/h2-9H,1H3. The average molecular weight is 237 g/mol. The molecule has 0 N–H and O–H groups in total. The number of hydrogen-bond acceptors (Lipinski definition) is 4. The predicted octanol–water partition coefficient (Wildman–Crippen LogP) is 2.03. The largest absolute Gasteiger partial charge is 0.251 e. The molecule has 0 bridgehead atoms. The van der Waals surface area contributed by atoms with Crippen molar-refractivity contribution < 1.29 is 0 Å². The second-order valence-electron chi connectivity index (χ2n) is 3.93. The van der Waals surface area contributed by atoms with Crippen molar-refractivity contribution in [1.29, 1.82) is 0 Å². The van der Waals surface area contributed by atoms with E-state index in [0.717, 1.165) is 11.3 Å². The van der Waals surface area contributed by atoms with Gasteiger partial charge in [-0.2, -0.15) is 5.10 Å². The second-order valence-corrected chi connectivity index (χ2v) is 3.93. The Morgan fingerprint density at radius 2 is 1.78 bits per heavy atom. The van der Waals surface area contributed by atoms with Gasteiger partial charge in [-0.3, -0.25) is 4.98 Å². The zero-order valence-corrected chi connectivity index (χ0v) is 9.85. The zero-order valence-electron chi connectivity index (χ0n) is 9.85. The molecule has 88 valence electrons. The molecule has 1 aromatic carbocycles. The van der Waals surface area contributed by atoms with Crippen LogP contribution in [0.5, 0.6) is 0 Å². The summed E-state index contributed by atoms with van der Waals surface area (Å²) in [6.07, 6.45) is 6.42. The monoisotopic (exact) mass is 237 g/mol. The SMILES string of the molecule is Cc1ccc(-c2nccnc2-n2cncn2)cc1. The van der Waals surface area contributed by atoms with Crippen LogP contribution in [0.1, 0.15) is 5.56 Å². The summed E-state index contributed by atoms with van der Waals surface area (Å²) < 4.78 is 1.61. The minimum absolute atomic E-state index is 0.679. The van der Waals surface area contributed by atoms with E-state index < -0.39 is 0 Å². The lowest BCUT2D eigenvalue weighted by atomic mass is 10.1. The van der Waals surface area contributed by atoms with Crippen molar-refractivity contribution in [3.63, 3.8) is 0 Å². The molecule has 0 fully saturated rings. The van der Waals surface area contributed by atoms with Crippen LogP contribution in [0.3, 0.4) is 0 Å². The van der Waals surface area contributed by atoms with Gasteiger partial charge in [0, 0.05) is 18.0 Å².